The van der Waals surface area contributed by atoms with Gasteiger partial charge in [-0.25, -0.2) is 9.97 Å². The minimum Gasteiger partial charge on any atom is -0.496 e. The second-order valence-corrected chi connectivity index (χ2v) is 5.98. The van der Waals surface area contributed by atoms with Crippen molar-refractivity contribution in [1.29, 1.82) is 0 Å². The van der Waals surface area contributed by atoms with Crippen molar-refractivity contribution >= 4 is 17.5 Å². The minimum absolute atomic E-state index is 0.223. The maximum atomic E-state index is 12.6. The van der Waals surface area contributed by atoms with E-state index in [-0.39, 0.29) is 12.5 Å². The highest BCUT2D eigenvalue weighted by molar-refractivity contribution is 5.95. The van der Waals surface area contributed by atoms with Gasteiger partial charge in [0, 0.05) is 41.8 Å². The van der Waals surface area contributed by atoms with Crippen LogP contribution in [0.1, 0.15) is 15.9 Å². The average molecular weight is 394 g/mol. The third-order valence-corrected chi connectivity index (χ3v) is 4.17. The molecule has 3 rings (SSSR count). The van der Waals surface area contributed by atoms with Crippen LogP contribution in [0.2, 0.25) is 0 Å². The zero-order chi connectivity index (χ0) is 20.6. The molecule has 0 saturated heterocycles. The van der Waals surface area contributed by atoms with Crippen LogP contribution < -0.4 is 24.8 Å². The van der Waals surface area contributed by atoms with Gasteiger partial charge in [0.15, 0.2) is 11.5 Å². The zero-order valence-electron chi connectivity index (χ0n) is 16.4. The van der Waals surface area contributed by atoms with E-state index in [1.165, 1.54) is 0 Å². The van der Waals surface area contributed by atoms with E-state index in [0.717, 1.165) is 5.56 Å². The van der Waals surface area contributed by atoms with Crippen LogP contribution in [0, 0.1) is 0 Å². The van der Waals surface area contributed by atoms with E-state index in [2.05, 4.69) is 20.6 Å². The summed E-state index contributed by atoms with van der Waals surface area (Å²) in [4.78, 5) is 20.9. The first kappa shape index (κ1) is 19.9. The van der Waals surface area contributed by atoms with Gasteiger partial charge in [-0.1, -0.05) is 6.07 Å². The Morgan fingerprint density at radius 2 is 1.59 bits per heavy atom. The molecule has 0 radical (unpaired) electrons. The fraction of sp³-hybridized carbons (Fsp3) is 0.190. The molecule has 0 atom stereocenters. The highest BCUT2D eigenvalue weighted by atomic mass is 16.5. The number of ether oxygens (including phenoxy) is 3. The first-order chi connectivity index (χ1) is 14.1. The monoisotopic (exact) mass is 394 g/mol. The molecule has 0 aliphatic heterocycles. The summed E-state index contributed by atoms with van der Waals surface area (Å²) in [7, 11) is 4.68. The van der Waals surface area contributed by atoms with Gasteiger partial charge in [-0.2, -0.15) is 0 Å². The first-order valence-corrected chi connectivity index (χ1v) is 8.85. The number of nitrogens with one attached hydrogen (secondary N) is 2. The predicted octanol–water partition coefficient (Wildman–Crippen LogP) is 3.18. The predicted molar refractivity (Wildman–Crippen MR) is 109 cm³/mol. The van der Waals surface area contributed by atoms with Crippen LogP contribution in [-0.4, -0.2) is 37.2 Å². The maximum absolute atomic E-state index is 12.6. The summed E-state index contributed by atoms with van der Waals surface area (Å²) in [5.41, 5.74) is 1.99. The second-order valence-electron chi connectivity index (χ2n) is 5.98. The Morgan fingerprint density at radius 3 is 2.28 bits per heavy atom. The number of nitrogens with zero attached hydrogens (tertiary/aromatic N) is 2. The standard InChI is InChI=1S/C21H22N4O4/c1-27-17-12-19(29-3)18(28-2)11-15(17)13-24-20(26)14-6-4-7-16(10-14)25-21-22-8-5-9-23-21/h4-12H,13H2,1-3H3,(H,24,26)(H,22,23,25). The lowest BCUT2D eigenvalue weighted by Gasteiger charge is -2.15. The molecule has 0 aliphatic carbocycles. The number of rotatable bonds is 8. The van der Waals surface area contributed by atoms with Crippen LogP contribution in [0.3, 0.4) is 0 Å². The normalized spacial score (nSPS) is 10.2. The molecule has 2 aromatic carbocycles. The number of amides is 1. The molecule has 1 amide bonds. The van der Waals surface area contributed by atoms with Gasteiger partial charge in [0.2, 0.25) is 5.95 Å². The molecule has 0 bridgehead atoms. The van der Waals surface area contributed by atoms with Gasteiger partial charge in [-0.3, -0.25) is 4.79 Å². The smallest absolute Gasteiger partial charge is 0.251 e. The third kappa shape index (κ3) is 4.92. The Hall–Kier alpha value is -3.81. The van der Waals surface area contributed by atoms with E-state index < -0.39 is 0 Å². The van der Waals surface area contributed by atoms with Crippen molar-refractivity contribution in [2.45, 2.75) is 6.54 Å². The summed E-state index contributed by atoms with van der Waals surface area (Å²) >= 11 is 0. The van der Waals surface area contributed by atoms with Gasteiger partial charge in [0.1, 0.15) is 5.75 Å². The topological polar surface area (TPSA) is 94.6 Å². The van der Waals surface area contributed by atoms with Crippen LogP contribution in [0.5, 0.6) is 17.2 Å². The molecule has 0 saturated carbocycles. The van der Waals surface area contributed by atoms with Gasteiger partial charge < -0.3 is 24.8 Å². The quantitative estimate of drug-likeness (QED) is 0.606. The Morgan fingerprint density at radius 1 is 0.897 bits per heavy atom. The number of carbonyl (C=O) groups is 1. The second kappa shape index (κ2) is 9.41. The van der Waals surface area contributed by atoms with Crippen molar-refractivity contribution in [3.63, 3.8) is 0 Å². The highest BCUT2D eigenvalue weighted by Crippen LogP contribution is 2.34. The number of methoxy groups -OCH3 is 3. The molecular weight excluding hydrogens is 372 g/mol. The van der Waals surface area contributed by atoms with E-state index >= 15 is 0 Å². The number of aromatic nitrogens is 2. The van der Waals surface area contributed by atoms with Gasteiger partial charge >= 0.3 is 0 Å². The Balaban J connectivity index is 1.72. The van der Waals surface area contributed by atoms with Crippen LogP contribution in [0.4, 0.5) is 11.6 Å². The molecule has 0 unspecified atom stereocenters. The summed E-state index contributed by atoms with van der Waals surface area (Å²) < 4.78 is 16.0. The summed E-state index contributed by atoms with van der Waals surface area (Å²) in [5, 5.41) is 5.96. The third-order valence-electron chi connectivity index (χ3n) is 4.17. The van der Waals surface area contributed by atoms with E-state index in [1.807, 2.05) is 6.07 Å². The maximum Gasteiger partial charge on any atom is 0.251 e. The number of anilines is 2. The van der Waals surface area contributed by atoms with Gasteiger partial charge in [-0.15, -0.1) is 0 Å². The average Bonchev–Trinajstić information content (AvgIpc) is 2.77. The lowest BCUT2D eigenvalue weighted by molar-refractivity contribution is 0.0950. The molecule has 2 N–H and O–H groups in total. The number of benzene rings is 2. The van der Waals surface area contributed by atoms with Crippen molar-refractivity contribution in [2.24, 2.45) is 0 Å². The number of hydrogen-bond donors (Lipinski definition) is 2. The fourth-order valence-corrected chi connectivity index (χ4v) is 2.74. The van der Waals surface area contributed by atoms with Crippen LogP contribution >= 0.6 is 0 Å². The molecular formula is C21H22N4O4. The van der Waals surface area contributed by atoms with Gasteiger partial charge in [-0.05, 0) is 30.3 Å². The Bertz CT molecular complexity index is 980. The van der Waals surface area contributed by atoms with Crippen molar-refractivity contribution in [2.75, 3.05) is 26.6 Å². The van der Waals surface area contributed by atoms with Gasteiger partial charge in [0.05, 0.1) is 21.3 Å². The van der Waals surface area contributed by atoms with Crippen LogP contribution in [0.25, 0.3) is 0 Å². The van der Waals surface area contributed by atoms with Crippen molar-refractivity contribution in [3.05, 3.63) is 66.0 Å². The van der Waals surface area contributed by atoms with Gasteiger partial charge in [0.25, 0.3) is 5.91 Å². The van der Waals surface area contributed by atoms with E-state index in [9.17, 15) is 4.79 Å². The molecule has 8 nitrogen and oxygen atoms in total. The SMILES string of the molecule is COc1cc(OC)c(OC)cc1CNC(=O)c1cccc(Nc2ncccn2)c1. The molecule has 1 aromatic heterocycles. The molecule has 1 heterocycles. The summed E-state index contributed by atoms with van der Waals surface area (Å²) in [5.74, 6) is 1.95. The van der Waals surface area contributed by atoms with E-state index in [1.54, 1.807) is 70.1 Å². The number of hydrogen-bond acceptors (Lipinski definition) is 7. The zero-order valence-corrected chi connectivity index (χ0v) is 16.4. The summed E-state index contributed by atoms with van der Waals surface area (Å²) in [6.45, 7) is 0.266. The Labute approximate surface area is 168 Å². The molecule has 8 heteroatoms. The molecule has 3 aromatic rings. The number of carbonyl (C=O) groups excluding carboxylic acids is 1. The van der Waals surface area contributed by atoms with Crippen molar-refractivity contribution in [1.82, 2.24) is 15.3 Å². The van der Waals surface area contributed by atoms with Crippen molar-refractivity contribution < 1.29 is 19.0 Å². The van der Waals surface area contributed by atoms with Crippen LogP contribution in [-0.2, 0) is 6.54 Å². The molecule has 0 fully saturated rings. The summed E-state index contributed by atoms with van der Waals surface area (Å²) in [6, 6.07) is 12.3. The molecule has 0 spiro atoms. The van der Waals surface area contributed by atoms with Crippen molar-refractivity contribution in [3.8, 4) is 17.2 Å². The van der Waals surface area contributed by atoms with Crippen LogP contribution in [0.15, 0.2) is 54.9 Å². The lowest BCUT2D eigenvalue weighted by atomic mass is 10.1. The summed E-state index contributed by atoms with van der Waals surface area (Å²) in [6.07, 6.45) is 3.28. The molecule has 150 valence electrons. The Kier molecular flexibility index (Phi) is 6.47. The van der Waals surface area contributed by atoms with E-state index in [0.29, 0.717) is 34.4 Å². The first-order valence-electron chi connectivity index (χ1n) is 8.85. The fourth-order valence-electron chi connectivity index (χ4n) is 2.74. The molecule has 29 heavy (non-hydrogen) atoms. The minimum atomic E-state index is -0.223. The van der Waals surface area contributed by atoms with E-state index in [4.69, 9.17) is 14.2 Å². The highest BCUT2D eigenvalue weighted by Gasteiger charge is 2.13. The molecule has 0 aliphatic rings. The largest absolute Gasteiger partial charge is 0.496 e. The lowest BCUT2D eigenvalue weighted by Crippen LogP contribution is -2.23.